The Kier molecular flexibility index (Phi) is 5.21. The van der Waals surface area contributed by atoms with Gasteiger partial charge in [0.25, 0.3) is 0 Å². The van der Waals surface area contributed by atoms with Gasteiger partial charge in [-0.1, -0.05) is 35.9 Å². The van der Waals surface area contributed by atoms with E-state index in [0.29, 0.717) is 6.42 Å². The molecule has 2 aromatic rings. The third-order valence-electron chi connectivity index (χ3n) is 3.63. The van der Waals surface area contributed by atoms with Crippen molar-refractivity contribution in [2.45, 2.75) is 19.4 Å². The maximum absolute atomic E-state index is 13.5. The molecule has 1 atom stereocenters. The van der Waals surface area contributed by atoms with Crippen molar-refractivity contribution in [2.75, 3.05) is 14.2 Å². The lowest BCUT2D eigenvalue weighted by atomic mass is 9.97. The van der Waals surface area contributed by atoms with Crippen LogP contribution >= 0.6 is 11.6 Å². The van der Waals surface area contributed by atoms with Gasteiger partial charge in [0.2, 0.25) is 0 Å². The minimum atomic E-state index is -0.380. The lowest BCUT2D eigenvalue weighted by Gasteiger charge is -2.19. The summed E-state index contributed by atoms with van der Waals surface area (Å²) >= 11 is 6.04. The van der Waals surface area contributed by atoms with Crippen LogP contribution in [0.1, 0.15) is 22.7 Å². The van der Waals surface area contributed by atoms with Gasteiger partial charge in [0.05, 0.1) is 12.1 Å². The molecule has 0 aliphatic heterocycles. The van der Waals surface area contributed by atoms with E-state index in [1.54, 1.807) is 13.2 Å². The number of nitrogens with one attached hydrogen (secondary N) is 1. The molecular formula is C17H19ClFNO. The molecule has 0 spiro atoms. The van der Waals surface area contributed by atoms with Crippen molar-refractivity contribution in [1.82, 2.24) is 5.32 Å². The third-order valence-corrected chi connectivity index (χ3v) is 4.05. The molecule has 0 fully saturated rings. The van der Waals surface area contributed by atoms with Crippen molar-refractivity contribution < 1.29 is 9.13 Å². The summed E-state index contributed by atoms with van der Waals surface area (Å²) in [5, 5.41) is 3.45. The maximum Gasteiger partial charge on any atom is 0.142 e. The van der Waals surface area contributed by atoms with Gasteiger partial charge in [-0.15, -0.1) is 0 Å². The number of methoxy groups -OCH3 is 1. The van der Waals surface area contributed by atoms with Gasteiger partial charge in [-0.25, -0.2) is 4.39 Å². The maximum atomic E-state index is 13.5. The summed E-state index contributed by atoms with van der Waals surface area (Å²) in [5.74, 6) is 0.479. The average molecular weight is 308 g/mol. The van der Waals surface area contributed by atoms with Crippen molar-refractivity contribution in [3.8, 4) is 5.75 Å². The molecule has 0 radical (unpaired) electrons. The van der Waals surface area contributed by atoms with Crippen LogP contribution in [-0.4, -0.2) is 14.2 Å². The molecule has 0 saturated heterocycles. The Morgan fingerprint density at radius 3 is 2.67 bits per heavy atom. The molecule has 0 heterocycles. The Bertz CT molecular complexity index is 630. The van der Waals surface area contributed by atoms with Crippen LogP contribution in [0.2, 0.25) is 5.02 Å². The summed E-state index contributed by atoms with van der Waals surface area (Å²) in [6, 6.07) is 11.0. The predicted octanol–water partition coefficient (Wildman–Crippen LogP) is 4.30. The number of hydrogen-bond acceptors (Lipinski definition) is 2. The van der Waals surface area contributed by atoms with Crippen molar-refractivity contribution in [3.05, 3.63) is 63.9 Å². The first kappa shape index (κ1) is 15.8. The van der Waals surface area contributed by atoms with Gasteiger partial charge >= 0.3 is 0 Å². The Hall–Kier alpha value is -1.58. The monoisotopic (exact) mass is 307 g/mol. The van der Waals surface area contributed by atoms with Crippen LogP contribution < -0.4 is 10.1 Å². The van der Waals surface area contributed by atoms with E-state index in [-0.39, 0.29) is 16.9 Å². The summed E-state index contributed by atoms with van der Waals surface area (Å²) in [4.78, 5) is 0. The number of halogens is 2. The fourth-order valence-corrected chi connectivity index (χ4v) is 2.63. The fraction of sp³-hybridized carbons (Fsp3) is 0.294. The van der Waals surface area contributed by atoms with Gasteiger partial charge < -0.3 is 10.1 Å². The number of ether oxygens (including phenoxy) is 1. The topological polar surface area (TPSA) is 21.3 Å². The zero-order valence-corrected chi connectivity index (χ0v) is 13.2. The molecule has 2 aromatic carbocycles. The second-order valence-corrected chi connectivity index (χ2v) is 5.37. The van der Waals surface area contributed by atoms with Crippen LogP contribution in [0.3, 0.4) is 0 Å². The van der Waals surface area contributed by atoms with Crippen LogP contribution in [0.15, 0.2) is 36.4 Å². The molecule has 21 heavy (non-hydrogen) atoms. The molecule has 0 aliphatic rings. The van der Waals surface area contributed by atoms with Crippen LogP contribution in [0.5, 0.6) is 5.75 Å². The van der Waals surface area contributed by atoms with E-state index in [1.807, 2.05) is 32.2 Å². The van der Waals surface area contributed by atoms with Gasteiger partial charge in [0.15, 0.2) is 0 Å². The molecule has 0 aromatic heterocycles. The molecule has 4 heteroatoms. The van der Waals surface area contributed by atoms with Gasteiger partial charge in [-0.3, -0.25) is 0 Å². The van der Waals surface area contributed by atoms with E-state index in [9.17, 15) is 4.39 Å². The fourth-order valence-electron chi connectivity index (χ4n) is 2.43. The number of hydrogen-bond donors (Lipinski definition) is 1. The number of aryl methyl sites for hydroxylation is 1. The highest BCUT2D eigenvalue weighted by Crippen LogP contribution is 2.28. The van der Waals surface area contributed by atoms with Crippen molar-refractivity contribution >= 4 is 11.6 Å². The Balaban J connectivity index is 2.28. The normalized spacial score (nSPS) is 12.2. The molecule has 1 N–H and O–H groups in total. The molecular weight excluding hydrogens is 289 g/mol. The Labute approximate surface area is 129 Å². The van der Waals surface area contributed by atoms with Crippen LogP contribution in [0.4, 0.5) is 4.39 Å². The second kappa shape index (κ2) is 6.92. The number of likely N-dealkylation sites (N-methyl/N-ethyl adjacent to an activating group) is 1. The quantitative estimate of drug-likeness (QED) is 0.889. The largest absolute Gasteiger partial charge is 0.496 e. The summed E-state index contributed by atoms with van der Waals surface area (Å²) in [6.45, 7) is 2.00. The van der Waals surface area contributed by atoms with Gasteiger partial charge in [-0.2, -0.15) is 0 Å². The van der Waals surface area contributed by atoms with Crippen LogP contribution in [0.25, 0.3) is 0 Å². The average Bonchev–Trinajstić information content (AvgIpc) is 2.48. The number of rotatable bonds is 5. The highest BCUT2D eigenvalue weighted by molar-refractivity contribution is 6.31. The first-order valence-electron chi connectivity index (χ1n) is 6.81. The Morgan fingerprint density at radius 2 is 2.05 bits per heavy atom. The minimum Gasteiger partial charge on any atom is -0.496 e. The highest BCUT2D eigenvalue weighted by Gasteiger charge is 2.15. The zero-order valence-electron chi connectivity index (χ0n) is 12.4. The molecule has 2 nitrogen and oxygen atoms in total. The second-order valence-electron chi connectivity index (χ2n) is 4.99. The van der Waals surface area contributed by atoms with Crippen molar-refractivity contribution in [2.24, 2.45) is 0 Å². The number of benzene rings is 2. The van der Waals surface area contributed by atoms with Crippen LogP contribution in [-0.2, 0) is 6.42 Å². The van der Waals surface area contributed by atoms with Gasteiger partial charge in [0, 0.05) is 6.04 Å². The van der Waals surface area contributed by atoms with E-state index in [1.165, 1.54) is 6.07 Å². The summed E-state index contributed by atoms with van der Waals surface area (Å²) in [5.41, 5.74) is 2.99. The summed E-state index contributed by atoms with van der Waals surface area (Å²) in [6.07, 6.45) is 0.624. The smallest absolute Gasteiger partial charge is 0.142 e. The van der Waals surface area contributed by atoms with E-state index >= 15 is 0 Å². The zero-order chi connectivity index (χ0) is 15.4. The van der Waals surface area contributed by atoms with Crippen LogP contribution in [0, 0.1) is 12.7 Å². The lowest BCUT2D eigenvalue weighted by Crippen LogP contribution is -2.19. The first-order valence-corrected chi connectivity index (χ1v) is 7.19. The summed E-state index contributed by atoms with van der Waals surface area (Å²) in [7, 11) is 3.54. The van der Waals surface area contributed by atoms with Gasteiger partial charge in [0.1, 0.15) is 11.6 Å². The minimum absolute atomic E-state index is 0.0638. The molecule has 0 bridgehead atoms. The van der Waals surface area contributed by atoms with E-state index < -0.39 is 0 Å². The molecule has 2 rings (SSSR count). The Morgan fingerprint density at radius 1 is 1.29 bits per heavy atom. The SMILES string of the molecule is CNC(Cc1cccc(F)c1Cl)c1ccc(OC)c(C)c1. The van der Waals surface area contributed by atoms with Crippen molar-refractivity contribution in [3.63, 3.8) is 0 Å². The van der Waals surface area contributed by atoms with Gasteiger partial charge in [-0.05, 0) is 49.2 Å². The highest BCUT2D eigenvalue weighted by atomic mass is 35.5. The standard InChI is InChI=1S/C17H19ClFNO/c1-11-9-12(7-8-16(11)21-3)15(20-2)10-13-5-4-6-14(19)17(13)18/h4-9,15,20H,10H2,1-3H3. The molecule has 0 saturated carbocycles. The molecule has 0 aliphatic carbocycles. The molecule has 1 unspecified atom stereocenters. The first-order chi connectivity index (χ1) is 10.1. The third kappa shape index (κ3) is 3.55. The van der Waals surface area contributed by atoms with E-state index in [2.05, 4.69) is 11.4 Å². The van der Waals surface area contributed by atoms with E-state index in [0.717, 1.165) is 22.4 Å². The van der Waals surface area contributed by atoms with Crippen molar-refractivity contribution in [1.29, 1.82) is 0 Å². The predicted molar refractivity (Wildman–Crippen MR) is 84.6 cm³/mol. The summed E-state index contributed by atoms with van der Waals surface area (Å²) < 4.78 is 18.8. The lowest BCUT2D eigenvalue weighted by molar-refractivity contribution is 0.411. The molecule has 0 amide bonds. The van der Waals surface area contributed by atoms with E-state index in [4.69, 9.17) is 16.3 Å². The molecule has 112 valence electrons.